The van der Waals surface area contributed by atoms with Gasteiger partial charge in [0, 0.05) is 11.1 Å². The Morgan fingerprint density at radius 2 is 1.86 bits per heavy atom. The number of carboxylic acids is 1. The molecule has 0 bridgehead atoms. The number of rotatable bonds is 4. The Morgan fingerprint density at radius 1 is 1.09 bits per heavy atom. The largest absolute Gasteiger partial charge is 0.497 e. The van der Waals surface area contributed by atoms with Crippen LogP contribution in [0.1, 0.15) is 54.2 Å². The number of aromatic carboxylic acids is 1. The maximum atomic E-state index is 14.2. The van der Waals surface area contributed by atoms with Crippen molar-refractivity contribution in [2.45, 2.75) is 44.6 Å². The zero-order valence-electron chi connectivity index (χ0n) is 20.0. The van der Waals surface area contributed by atoms with Crippen LogP contribution < -0.4 is 14.4 Å². The van der Waals surface area contributed by atoms with Gasteiger partial charge in [0.2, 0.25) is 5.91 Å². The molecule has 0 unspecified atom stereocenters. The molecule has 3 aromatic rings. The molecule has 0 radical (unpaired) electrons. The highest BCUT2D eigenvalue weighted by molar-refractivity contribution is 6.31. The van der Waals surface area contributed by atoms with Gasteiger partial charge in [-0.05, 0) is 86.7 Å². The monoisotopic (exact) mass is 491 g/mol. The summed E-state index contributed by atoms with van der Waals surface area (Å²) in [6.45, 7) is 6.03. The van der Waals surface area contributed by atoms with Crippen molar-refractivity contribution >= 4 is 34.9 Å². The van der Waals surface area contributed by atoms with Crippen LogP contribution in [0.2, 0.25) is 5.02 Å². The van der Waals surface area contributed by atoms with E-state index in [9.17, 15) is 14.7 Å². The van der Waals surface area contributed by atoms with Crippen molar-refractivity contribution in [3.63, 3.8) is 0 Å². The standard InChI is InChI=1S/C28H26ClNO5/c1-27(2)10-9-16-11-18(5-8-24(16)35-27)28(3)22-14-19(29)6-7-23(22)30(26(28)33)20-12-17(25(31)32)13-21(15-20)34-4/h5-8,11-15H,9-10H2,1-4H3,(H,31,32)/t28-/m0/s1. The van der Waals surface area contributed by atoms with Crippen molar-refractivity contribution in [3.8, 4) is 11.5 Å². The highest BCUT2D eigenvalue weighted by Crippen LogP contribution is 2.51. The first-order chi connectivity index (χ1) is 16.5. The summed E-state index contributed by atoms with van der Waals surface area (Å²) in [5, 5.41) is 10.1. The molecule has 0 fully saturated rings. The molecule has 1 N–H and O–H groups in total. The molecule has 5 rings (SSSR count). The topological polar surface area (TPSA) is 76.1 Å². The van der Waals surface area contributed by atoms with Gasteiger partial charge < -0.3 is 14.6 Å². The second-order valence-corrected chi connectivity index (χ2v) is 10.3. The number of hydrogen-bond donors (Lipinski definition) is 1. The van der Waals surface area contributed by atoms with Crippen LogP contribution in [-0.2, 0) is 16.6 Å². The lowest BCUT2D eigenvalue weighted by molar-refractivity contribution is -0.120. The van der Waals surface area contributed by atoms with Crippen LogP contribution in [0, 0.1) is 0 Å². The van der Waals surface area contributed by atoms with Gasteiger partial charge in [0.15, 0.2) is 0 Å². The quantitative estimate of drug-likeness (QED) is 0.474. The zero-order valence-corrected chi connectivity index (χ0v) is 20.8. The number of nitrogens with zero attached hydrogens (tertiary/aromatic N) is 1. The summed E-state index contributed by atoms with van der Waals surface area (Å²) < 4.78 is 11.5. The summed E-state index contributed by atoms with van der Waals surface area (Å²) in [6, 6.07) is 15.8. The van der Waals surface area contributed by atoms with Gasteiger partial charge >= 0.3 is 5.97 Å². The lowest BCUT2D eigenvalue weighted by atomic mass is 9.76. The normalized spacial score (nSPS) is 20.1. The van der Waals surface area contributed by atoms with E-state index in [0.717, 1.165) is 35.3 Å². The summed E-state index contributed by atoms with van der Waals surface area (Å²) in [5.41, 5.74) is 2.49. The van der Waals surface area contributed by atoms with Crippen molar-refractivity contribution in [2.75, 3.05) is 12.0 Å². The molecule has 0 saturated heterocycles. The van der Waals surface area contributed by atoms with Gasteiger partial charge in [0.1, 0.15) is 17.1 Å². The van der Waals surface area contributed by atoms with Gasteiger partial charge in [0.25, 0.3) is 0 Å². The molecule has 2 heterocycles. The van der Waals surface area contributed by atoms with Crippen LogP contribution in [0.3, 0.4) is 0 Å². The fourth-order valence-electron chi connectivity index (χ4n) is 5.01. The van der Waals surface area contributed by atoms with Crippen LogP contribution in [0.15, 0.2) is 54.6 Å². The molecule has 0 saturated carbocycles. The molecule has 0 aromatic heterocycles. The Kier molecular flexibility index (Phi) is 5.33. The molecule has 2 aliphatic heterocycles. The second-order valence-electron chi connectivity index (χ2n) is 9.84. The zero-order chi connectivity index (χ0) is 25.1. The molecule has 0 spiro atoms. The van der Waals surface area contributed by atoms with Gasteiger partial charge in [-0.15, -0.1) is 0 Å². The van der Waals surface area contributed by atoms with Crippen molar-refractivity contribution in [3.05, 3.63) is 81.9 Å². The van der Waals surface area contributed by atoms with E-state index in [0.29, 0.717) is 22.1 Å². The maximum absolute atomic E-state index is 14.2. The Labute approximate surface area is 209 Å². The number of fused-ring (bicyclic) bond motifs is 2. The van der Waals surface area contributed by atoms with E-state index in [2.05, 4.69) is 13.8 Å². The molecule has 3 aromatic carbocycles. The summed E-state index contributed by atoms with van der Waals surface area (Å²) in [5.74, 6) is -0.114. The number of aryl methyl sites for hydroxylation is 1. The highest BCUT2D eigenvalue weighted by Gasteiger charge is 2.50. The minimum atomic E-state index is -1.10. The third-order valence-electron chi connectivity index (χ3n) is 7.02. The van der Waals surface area contributed by atoms with E-state index in [1.54, 1.807) is 23.1 Å². The van der Waals surface area contributed by atoms with Crippen molar-refractivity contribution in [2.24, 2.45) is 0 Å². The van der Waals surface area contributed by atoms with E-state index in [-0.39, 0.29) is 17.1 Å². The molecule has 7 heteroatoms. The SMILES string of the molecule is COc1cc(C(=O)O)cc(N2C(=O)[C@@](C)(c3ccc4c(c3)CCC(C)(C)O4)c3cc(Cl)ccc32)c1. The number of carbonyl (C=O) groups is 2. The van der Waals surface area contributed by atoms with Crippen molar-refractivity contribution < 1.29 is 24.2 Å². The summed E-state index contributed by atoms with van der Waals surface area (Å²) in [7, 11) is 1.46. The van der Waals surface area contributed by atoms with Crippen LogP contribution in [0.4, 0.5) is 11.4 Å². The molecule has 1 atom stereocenters. The smallest absolute Gasteiger partial charge is 0.335 e. The average Bonchev–Trinajstić information content (AvgIpc) is 3.05. The Bertz CT molecular complexity index is 1380. The first-order valence-corrected chi connectivity index (χ1v) is 11.8. The predicted octanol–water partition coefficient (Wildman–Crippen LogP) is 6.13. The van der Waals surface area contributed by atoms with E-state index in [1.807, 2.05) is 31.2 Å². The van der Waals surface area contributed by atoms with Crippen molar-refractivity contribution in [1.29, 1.82) is 0 Å². The second kappa shape index (κ2) is 8.02. The lowest BCUT2D eigenvalue weighted by Gasteiger charge is -2.34. The van der Waals surface area contributed by atoms with E-state index in [1.165, 1.54) is 19.2 Å². The number of amides is 1. The highest BCUT2D eigenvalue weighted by atomic mass is 35.5. The van der Waals surface area contributed by atoms with Crippen LogP contribution in [0.25, 0.3) is 0 Å². The van der Waals surface area contributed by atoms with Crippen LogP contribution >= 0.6 is 11.6 Å². The van der Waals surface area contributed by atoms with Gasteiger partial charge in [-0.25, -0.2) is 4.79 Å². The fourth-order valence-corrected chi connectivity index (χ4v) is 5.18. The summed E-state index contributed by atoms with van der Waals surface area (Å²) in [4.78, 5) is 27.5. The molecule has 35 heavy (non-hydrogen) atoms. The Morgan fingerprint density at radius 3 is 2.57 bits per heavy atom. The number of halogens is 1. The third-order valence-corrected chi connectivity index (χ3v) is 7.26. The molecule has 2 aliphatic rings. The number of anilines is 2. The predicted molar refractivity (Wildman–Crippen MR) is 134 cm³/mol. The summed E-state index contributed by atoms with van der Waals surface area (Å²) >= 11 is 6.39. The van der Waals surface area contributed by atoms with E-state index < -0.39 is 11.4 Å². The first kappa shape index (κ1) is 23.2. The number of carbonyl (C=O) groups excluding carboxylic acids is 1. The number of carboxylic acid groups (broad SMARTS) is 1. The maximum Gasteiger partial charge on any atom is 0.335 e. The van der Waals surface area contributed by atoms with Gasteiger partial charge in [-0.1, -0.05) is 23.7 Å². The van der Waals surface area contributed by atoms with Gasteiger partial charge in [-0.3, -0.25) is 9.69 Å². The van der Waals surface area contributed by atoms with Crippen LogP contribution in [0.5, 0.6) is 11.5 Å². The minimum absolute atomic E-state index is 0.0322. The average molecular weight is 492 g/mol. The van der Waals surface area contributed by atoms with Crippen LogP contribution in [-0.4, -0.2) is 29.7 Å². The lowest BCUT2D eigenvalue weighted by Crippen LogP contribution is -2.37. The van der Waals surface area contributed by atoms with Gasteiger partial charge in [-0.2, -0.15) is 0 Å². The fraction of sp³-hybridized carbons (Fsp3) is 0.286. The number of hydrogen-bond acceptors (Lipinski definition) is 4. The molecular formula is C28H26ClNO5. The molecular weight excluding hydrogens is 466 g/mol. The third kappa shape index (κ3) is 3.73. The number of benzene rings is 3. The minimum Gasteiger partial charge on any atom is -0.497 e. The van der Waals surface area contributed by atoms with E-state index >= 15 is 0 Å². The van der Waals surface area contributed by atoms with E-state index in [4.69, 9.17) is 21.1 Å². The number of methoxy groups -OCH3 is 1. The summed E-state index contributed by atoms with van der Waals surface area (Å²) in [6.07, 6.45) is 1.73. The Balaban J connectivity index is 1.68. The van der Waals surface area contributed by atoms with Crippen molar-refractivity contribution in [1.82, 2.24) is 0 Å². The molecule has 1 amide bonds. The molecule has 180 valence electrons. The molecule has 6 nitrogen and oxygen atoms in total. The van der Waals surface area contributed by atoms with Gasteiger partial charge in [0.05, 0.1) is 29.5 Å². The molecule has 0 aliphatic carbocycles. The Hall–Kier alpha value is -3.51. The first-order valence-electron chi connectivity index (χ1n) is 11.4. The number of ether oxygens (including phenoxy) is 2.